The second kappa shape index (κ2) is 9.89. The zero-order valence-electron chi connectivity index (χ0n) is 17.4. The van der Waals surface area contributed by atoms with Crippen molar-refractivity contribution in [3.8, 4) is 17.0 Å². The monoisotopic (exact) mass is 443 g/mol. The van der Waals surface area contributed by atoms with Gasteiger partial charge in [-0.05, 0) is 43.3 Å². The number of carbonyl (C=O) groups is 2. The van der Waals surface area contributed by atoms with Crippen molar-refractivity contribution in [2.75, 3.05) is 17.2 Å². The molecule has 32 heavy (non-hydrogen) atoms. The van der Waals surface area contributed by atoms with Crippen LogP contribution in [-0.4, -0.2) is 23.4 Å². The molecule has 2 amide bonds. The molecule has 0 bridgehead atoms. The first-order valence-electron chi connectivity index (χ1n) is 9.99. The van der Waals surface area contributed by atoms with E-state index in [0.29, 0.717) is 22.7 Å². The molecule has 7 heteroatoms. The first kappa shape index (κ1) is 21.3. The van der Waals surface area contributed by atoms with Crippen LogP contribution in [0.2, 0.25) is 0 Å². The molecule has 0 unspecified atom stereocenters. The van der Waals surface area contributed by atoms with Crippen LogP contribution in [0, 0.1) is 6.92 Å². The molecule has 0 aliphatic carbocycles. The summed E-state index contributed by atoms with van der Waals surface area (Å²) in [4.78, 5) is 29.6. The van der Waals surface area contributed by atoms with Crippen LogP contribution >= 0.6 is 11.3 Å². The lowest BCUT2D eigenvalue weighted by atomic mass is 10.1. The van der Waals surface area contributed by atoms with Gasteiger partial charge in [0.1, 0.15) is 5.75 Å². The number of hydrogen-bond donors (Lipinski definition) is 2. The smallest absolute Gasteiger partial charge is 0.262 e. The third-order valence-electron chi connectivity index (χ3n) is 4.58. The molecule has 4 rings (SSSR count). The Kier molecular flexibility index (Phi) is 6.57. The van der Waals surface area contributed by atoms with Crippen molar-refractivity contribution >= 4 is 34.5 Å². The summed E-state index contributed by atoms with van der Waals surface area (Å²) in [5.74, 6) is -0.295. The Bertz CT molecular complexity index is 1240. The number of rotatable bonds is 7. The highest BCUT2D eigenvalue weighted by Crippen LogP contribution is 2.24. The zero-order chi connectivity index (χ0) is 22.3. The van der Waals surface area contributed by atoms with Crippen LogP contribution in [0.3, 0.4) is 0 Å². The second-order valence-electron chi connectivity index (χ2n) is 6.99. The van der Waals surface area contributed by atoms with Gasteiger partial charge in [0.25, 0.3) is 11.8 Å². The minimum atomic E-state index is -0.324. The van der Waals surface area contributed by atoms with Crippen LogP contribution < -0.4 is 15.4 Å². The highest BCUT2D eigenvalue weighted by atomic mass is 32.1. The molecule has 0 fully saturated rings. The highest BCUT2D eigenvalue weighted by molar-refractivity contribution is 7.09. The summed E-state index contributed by atoms with van der Waals surface area (Å²) in [6.45, 7) is 1.73. The normalized spacial score (nSPS) is 10.4. The summed E-state index contributed by atoms with van der Waals surface area (Å²) >= 11 is 1.58. The topological polar surface area (TPSA) is 80.3 Å². The van der Waals surface area contributed by atoms with Crippen LogP contribution in [0.25, 0.3) is 11.3 Å². The molecule has 0 aliphatic rings. The maximum atomic E-state index is 12.6. The molecule has 6 nitrogen and oxygen atoms in total. The standard InChI is InChI=1S/C25H21N3O3S/c1-17-26-22(16-32-17)18-8-7-11-20(14-18)27-24(29)15-31-23-13-6-5-12-21(23)25(30)28-19-9-3-2-4-10-19/h2-14,16H,15H2,1H3,(H,27,29)(H,28,30). The van der Waals surface area contributed by atoms with Crippen LogP contribution in [0.4, 0.5) is 11.4 Å². The molecule has 160 valence electrons. The van der Waals surface area contributed by atoms with Gasteiger partial charge in [0.2, 0.25) is 0 Å². The number of aromatic nitrogens is 1. The number of anilines is 2. The van der Waals surface area contributed by atoms with E-state index in [0.717, 1.165) is 16.3 Å². The van der Waals surface area contributed by atoms with Crippen molar-refractivity contribution in [3.63, 3.8) is 0 Å². The van der Waals surface area contributed by atoms with Crippen molar-refractivity contribution in [2.24, 2.45) is 0 Å². The van der Waals surface area contributed by atoms with E-state index in [1.807, 2.05) is 54.8 Å². The van der Waals surface area contributed by atoms with Crippen LogP contribution in [-0.2, 0) is 4.79 Å². The van der Waals surface area contributed by atoms with Gasteiger partial charge < -0.3 is 15.4 Å². The molecule has 0 saturated carbocycles. The molecule has 1 heterocycles. The van der Waals surface area contributed by atoms with E-state index in [1.165, 1.54) is 0 Å². The third kappa shape index (κ3) is 5.39. The largest absolute Gasteiger partial charge is 0.483 e. The molecule has 0 spiro atoms. The van der Waals surface area contributed by atoms with Gasteiger partial charge in [-0.2, -0.15) is 0 Å². The first-order chi connectivity index (χ1) is 15.6. The highest BCUT2D eigenvalue weighted by Gasteiger charge is 2.14. The lowest BCUT2D eigenvalue weighted by Crippen LogP contribution is -2.21. The van der Waals surface area contributed by atoms with E-state index in [4.69, 9.17) is 4.74 Å². The van der Waals surface area contributed by atoms with Crippen molar-refractivity contribution in [1.82, 2.24) is 4.98 Å². The maximum Gasteiger partial charge on any atom is 0.262 e. The van der Waals surface area contributed by atoms with Gasteiger partial charge in [-0.3, -0.25) is 9.59 Å². The number of nitrogens with one attached hydrogen (secondary N) is 2. The van der Waals surface area contributed by atoms with Gasteiger partial charge in [-0.15, -0.1) is 11.3 Å². The molecular formula is C25H21N3O3S. The average Bonchev–Trinajstić information content (AvgIpc) is 3.25. The molecule has 4 aromatic rings. The number of ether oxygens (including phenoxy) is 1. The van der Waals surface area contributed by atoms with Gasteiger partial charge in [-0.1, -0.05) is 42.5 Å². The van der Waals surface area contributed by atoms with Gasteiger partial charge in [0.15, 0.2) is 6.61 Å². The van der Waals surface area contributed by atoms with E-state index >= 15 is 0 Å². The summed E-state index contributed by atoms with van der Waals surface area (Å²) < 4.78 is 5.66. The van der Waals surface area contributed by atoms with E-state index < -0.39 is 0 Å². The van der Waals surface area contributed by atoms with Crippen molar-refractivity contribution in [3.05, 3.63) is 94.8 Å². The predicted molar refractivity (Wildman–Crippen MR) is 127 cm³/mol. The molecule has 3 aromatic carbocycles. The molecule has 1 aromatic heterocycles. The number of carbonyl (C=O) groups excluding carboxylic acids is 2. The molecular weight excluding hydrogens is 422 g/mol. The molecule has 0 aliphatic heterocycles. The summed E-state index contributed by atoms with van der Waals surface area (Å²) in [5.41, 5.74) is 3.48. The Hall–Kier alpha value is -3.97. The number of para-hydroxylation sites is 2. The van der Waals surface area contributed by atoms with E-state index in [-0.39, 0.29) is 18.4 Å². The molecule has 0 radical (unpaired) electrons. The summed E-state index contributed by atoms with van der Waals surface area (Å²) in [6.07, 6.45) is 0. The quantitative estimate of drug-likeness (QED) is 0.401. The van der Waals surface area contributed by atoms with Gasteiger partial charge in [0.05, 0.1) is 16.3 Å². The minimum absolute atomic E-state index is 0.227. The fraction of sp³-hybridized carbons (Fsp3) is 0.0800. The lowest BCUT2D eigenvalue weighted by Gasteiger charge is -2.12. The van der Waals surface area contributed by atoms with E-state index in [9.17, 15) is 9.59 Å². The van der Waals surface area contributed by atoms with Gasteiger partial charge >= 0.3 is 0 Å². The number of thiazole rings is 1. The third-order valence-corrected chi connectivity index (χ3v) is 5.36. The molecule has 0 atom stereocenters. The summed E-state index contributed by atoms with van der Waals surface area (Å²) in [5, 5.41) is 8.62. The number of benzene rings is 3. The Balaban J connectivity index is 1.39. The number of hydrogen-bond acceptors (Lipinski definition) is 5. The second-order valence-corrected chi connectivity index (χ2v) is 8.05. The minimum Gasteiger partial charge on any atom is -0.483 e. The Morgan fingerprint density at radius 1 is 0.906 bits per heavy atom. The van der Waals surface area contributed by atoms with Crippen molar-refractivity contribution in [2.45, 2.75) is 6.92 Å². The zero-order valence-corrected chi connectivity index (χ0v) is 18.2. The van der Waals surface area contributed by atoms with Crippen LogP contribution in [0.5, 0.6) is 5.75 Å². The fourth-order valence-electron chi connectivity index (χ4n) is 3.09. The van der Waals surface area contributed by atoms with Crippen molar-refractivity contribution in [1.29, 1.82) is 0 Å². The summed E-state index contributed by atoms with van der Waals surface area (Å²) in [6, 6.07) is 23.5. The average molecular weight is 444 g/mol. The van der Waals surface area contributed by atoms with Crippen molar-refractivity contribution < 1.29 is 14.3 Å². The number of aryl methyl sites for hydroxylation is 1. The van der Waals surface area contributed by atoms with Gasteiger partial charge in [0, 0.05) is 22.3 Å². The fourth-order valence-corrected chi connectivity index (χ4v) is 3.71. The van der Waals surface area contributed by atoms with Gasteiger partial charge in [-0.25, -0.2) is 4.98 Å². The Morgan fingerprint density at radius 2 is 1.66 bits per heavy atom. The lowest BCUT2D eigenvalue weighted by molar-refractivity contribution is -0.118. The number of nitrogens with zero attached hydrogens (tertiary/aromatic N) is 1. The predicted octanol–water partition coefficient (Wildman–Crippen LogP) is 5.39. The Morgan fingerprint density at radius 3 is 2.44 bits per heavy atom. The SMILES string of the molecule is Cc1nc(-c2cccc(NC(=O)COc3ccccc3C(=O)Nc3ccccc3)c2)cs1. The maximum absolute atomic E-state index is 12.6. The van der Waals surface area contributed by atoms with E-state index in [1.54, 1.807) is 47.7 Å². The Labute approximate surface area is 189 Å². The summed E-state index contributed by atoms with van der Waals surface area (Å²) in [7, 11) is 0. The number of amides is 2. The van der Waals surface area contributed by atoms with Crippen LogP contribution in [0.15, 0.2) is 84.2 Å². The van der Waals surface area contributed by atoms with Crippen LogP contribution in [0.1, 0.15) is 15.4 Å². The first-order valence-corrected chi connectivity index (χ1v) is 10.9. The molecule has 0 saturated heterocycles. The van der Waals surface area contributed by atoms with E-state index in [2.05, 4.69) is 15.6 Å². The molecule has 2 N–H and O–H groups in total.